The maximum atomic E-state index is 11.9. The molecule has 0 saturated carbocycles. The number of nitrogens with zero attached hydrogens (tertiary/aromatic N) is 1. The van der Waals surface area contributed by atoms with Crippen molar-refractivity contribution >= 4 is 17.7 Å². The van der Waals surface area contributed by atoms with Crippen LogP contribution in [-0.2, 0) is 4.79 Å². The average Bonchev–Trinajstić information content (AvgIpc) is 1.96. The smallest absolute Gasteiger partial charge is 0.401 e. The molecule has 0 aliphatic carbocycles. The molecular weight excluding hydrogens is 219 g/mol. The van der Waals surface area contributed by atoms with Gasteiger partial charge in [-0.25, -0.2) is 0 Å². The molecule has 84 valence electrons. The number of carboxylic acid groups (broad SMARTS) is 1. The molecule has 0 fully saturated rings. The van der Waals surface area contributed by atoms with Gasteiger partial charge in [-0.3, -0.25) is 9.69 Å². The van der Waals surface area contributed by atoms with Gasteiger partial charge in [-0.15, -0.1) is 0 Å². The lowest BCUT2D eigenvalue weighted by Gasteiger charge is -2.20. The minimum atomic E-state index is -4.34. The van der Waals surface area contributed by atoms with E-state index in [2.05, 4.69) is 0 Å². The molecule has 0 bridgehead atoms. The molecule has 14 heavy (non-hydrogen) atoms. The zero-order chi connectivity index (χ0) is 11.2. The maximum Gasteiger partial charge on any atom is 0.401 e. The summed E-state index contributed by atoms with van der Waals surface area (Å²) in [5, 5.41) is 8.36. The van der Waals surface area contributed by atoms with E-state index in [1.54, 1.807) is 6.26 Å². The van der Waals surface area contributed by atoms with Crippen molar-refractivity contribution < 1.29 is 23.1 Å². The van der Waals surface area contributed by atoms with E-state index in [0.29, 0.717) is 5.75 Å². The van der Waals surface area contributed by atoms with Crippen LogP contribution >= 0.6 is 11.8 Å². The highest BCUT2D eigenvalue weighted by Gasteiger charge is 2.31. The normalized spacial score (nSPS) is 12.1. The lowest BCUT2D eigenvalue weighted by Crippen LogP contribution is -2.39. The van der Waals surface area contributed by atoms with E-state index in [-0.39, 0.29) is 6.54 Å². The van der Waals surface area contributed by atoms with Crippen LogP contribution in [0.25, 0.3) is 0 Å². The fourth-order valence-corrected chi connectivity index (χ4v) is 1.32. The van der Waals surface area contributed by atoms with Gasteiger partial charge in [0.2, 0.25) is 0 Å². The molecule has 0 radical (unpaired) electrons. The number of hydrogen-bond acceptors (Lipinski definition) is 3. The molecule has 0 aromatic carbocycles. The summed E-state index contributed by atoms with van der Waals surface area (Å²) in [6.45, 7) is -1.60. The maximum absolute atomic E-state index is 11.9. The first-order chi connectivity index (χ1) is 6.35. The van der Waals surface area contributed by atoms with E-state index in [1.165, 1.54) is 11.8 Å². The highest BCUT2D eigenvalue weighted by molar-refractivity contribution is 7.98. The predicted molar refractivity (Wildman–Crippen MR) is 48.5 cm³/mol. The summed E-state index contributed by atoms with van der Waals surface area (Å²) in [7, 11) is 0. The summed E-state index contributed by atoms with van der Waals surface area (Å²) < 4.78 is 35.8. The minimum Gasteiger partial charge on any atom is -0.480 e. The van der Waals surface area contributed by atoms with Gasteiger partial charge in [0.1, 0.15) is 0 Å². The number of aliphatic carboxylic acids is 1. The monoisotopic (exact) mass is 231 g/mol. The summed E-state index contributed by atoms with van der Waals surface area (Å²) in [6, 6.07) is 0. The number of alkyl halides is 3. The second-order valence-electron chi connectivity index (χ2n) is 2.71. The molecular formula is C7H12F3NO2S. The topological polar surface area (TPSA) is 40.5 Å². The number of halogens is 3. The second-order valence-corrected chi connectivity index (χ2v) is 3.70. The van der Waals surface area contributed by atoms with Gasteiger partial charge in [0.25, 0.3) is 0 Å². The standard InChI is InChI=1S/C7H12F3NO2S/c1-14-3-2-11(4-6(12)13)5-7(8,9)10/h2-5H2,1H3,(H,12,13). The van der Waals surface area contributed by atoms with Crippen molar-refractivity contribution in [3.05, 3.63) is 0 Å². The van der Waals surface area contributed by atoms with Crippen molar-refractivity contribution in [2.45, 2.75) is 6.18 Å². The molecule has 0 aromatic rings. The van der Waals surface area contributed by atoms with Gasteiger partial charge >= 0.3 is 12.1 Å². The first kappa shape index (κ1) is 13.6. The van der Waals surface area contributed by atoms with Gasteiger partial charge in [-0.1, -0.05) is 0 Å². The van der Waals surface area contributed by atoms with Crippen molar-refractivity contribution in [3.63, 3.8) is 0 Å². The number of carboxylic acids is 1. The second kappa shape index (κ2) is 6.13. The van der Waals surface area contributed by atoms with Crippen molar-refractivity contribution in [1.82, 2.24) is 4.90 Å². The summed E-state index contributed by atoms with van der Waals surface area (Å²) in [5.74, 6) is -0.751. The van der Waals surface area contributed by atoms with E-state index >= 15 is 0 Å². The van der Waals surface area contributed by atoms with Crippen molar-refractivity contribution in [2.75, 3.05) is 31.6 Å². The predicted octanol–water partition coefficient (Wildman–Crippen LogP) is 1.30. The highest BCUT2D eigenvalue weighted by atomic mass is 32.2. The van der Waals surface area contributed by atoms with Crippen LogP contribution in [0, 0.1) is 0 Å². The lowest BCUT2D eigenvalue weighted by molar-refractivity contribution is -0.153. The van der Waals surface area contributed by atoms with Crippen molar-refractivity contribution in [3.8, 4) is 0 Å². The van der Waals surface area contributed by atoms with Crippen LogP contribution in [0.2, 0.25) is 0 Å². The van der Waals surface area contributed by atoms with Crippen molar-refractivity contribution in [1.29, 1.82) is 0 Å². The molecule has 0 saturated heterocycles. The zero-order valence-corrected chi connectivity index (χ0v) is 8.49. The van der Waals surface area contributed by atoms with Crippen LogP contribution < -0.4 is 0 Å². The molecule has 0 aliphatic heterocycles. The third kappa shape index (κ3) is 8.18. The lowest BCUT2D eigenvalue weighted by atomic mass is 10.4. The van der Waals surface area contributed by atoms with Crippen LogP contribution in [0.5, 0.6) is 0 Å². The van der Waals surface area contributed by atoms with E-state index in [1.807, 2.05) is 0 Å². The molecule has 3 nitrogen and oxygen atoms in total. The molecule has 0 heterocycles. The molecule has 0 unspecified atom stereocenters. The average molecular weight is 231 g/mol. The van der Waals surface area contributed by atoms with Gasteiger partial charge in [0, 0.05) is 12.3 Å². The first-order valence-corrected chi connectivity index (χ1v) is 5.24. The summed E-state index contributed by atoms with van der Waals surface area (Å²) in [4.78, 5) is 11.1. The van der Waals surface area contributed by atoms with Gasteiger partial charge in [-0.2, -0.15) is 24.9 Å². The first-order valence-electron chi connectivity index (χ1n) is 3.85. The fraction of sp³-hybridized carbons (Fsp3) is 0.857. The fourth-order valence-electron chi connectivity index (χ4n) is 0.879. The molecule has 0 spiro atoms. The Bertz CT molecular complexity index is 186. The number of thioether (sulfide) groups is 1. The Kier molecular flexibility index (Phi) is 5.94. The Balaban J connectivity index is 4.03. The SMILES string of the molecule is CSCCN(CC(=O)O)CC(F)(F)F. The summed E-state index contributed by atoms with van der Waals surface area (Å²) >= 11 is 1.38. The van der Waals surface area contributed by atoms with Gasteiger partial charge in [-0.05, 0) is 6.26 Å². The van der Waals surface area contributed by atoms with Crippen LogP contribution in [0.3, 0.4) is 0 Å². The van der Waals surface area contributed by atoms with E-state index in [4.69, 9.17) is 5.11 Å². The van der Waals surface area contributed by atoms with Crippen LogP contribution in [0.1, 0.15) is 0 Å². The Morgan fingerprint density at radius 3 is 2.43 bits per heavy atom. The van der Waals surface area contributed by atoms with Gasteiger partial charge in [0.15, 0.2) is 0 Å². The van der Waals surface area contributed by atoms with E-state index < -0.39 is 25.2 Å². The summed E-state index contributed by atoms with van der Waals surface area (Å²) in [6.07, 6.45) is -2.58. The molecule has 0 atom stereocenters. The quantitative estimate of drug-likeness (QED) is 0.748. The van der Waals surface area contributed by atoms with E-state index in [9.17, 15) is 18.0 Å². The third-order valence-electron chi connectivity index (χ3n) is 1.37. The molecule has 0 aliphatic rings. The minimum absolute atomic E-state index is 0.132. The number of rotatable bonds is 6. The van der Waals surface area contributed by atoms with Crippen LogP contribution in [-0.4, -0.2) is 53.8 Å². The molecule has 0 aromatic heterocycles. The molecule has 7 heteroatoms. The molecule has 1 N–H and O–H groups in total. The Morgan fingerprint density at radius 2 is 2.07 bits per heavy atom. The number of hydrogen-bond donors (Lipinski definition) is 1. The largest absolute Gasteiger partial charge is 0.480 e. The zero-order valence-electron chi connectivity index (χ0n) is 7.67. The van der Waals surface area contributed by atoms with Crippen molar-refractivity contribution in [2.24, 2.45) is 0 Å². The van der Waals surface area contributed by atoms with Gasteiger partial charge < -0.3 is 5.11 Å². The van der Waals surface area contributed by atoms with Crippen LogP contribution in [0.15, 0.2) is 0 Å². The Hall–Kier alpha value is -0.430. The third-order valence-corrected chi connectivity index (χ3v) is 1.96. The van der Waals surface area contributed by atoms with E-state index in [0.717, 1.165) is 4.90 Å². The number of carbonyl (C=O) groups is 1. The Morgan fingerprint density at radius 1 is 1.50 bits per heavy atom. The molecule has 0 rings (SSSR count). The highest BCUT2D eigenvalue weighted by Crippen LogP contribution is 2.16. The Labute approximate surface area is 84.3 Å². The summed E-state index contributed by atoms with van der Waals surface area (Å²) in [5.41, 5.74) is 0. The van der Waals surface area contributed by atoms with Crippen LogP contribution in [0.4, 0.5) is 13.2 Å². The van der Waals surface area contributed by atoms with Gasteiger partial charge in [0.05, 0.1) is 13.1 Å². The molecule has 0 amide bonds.